The summed E-state index contributed by atoms with van der Waals surface area (Å²) in [7, 11) is 0. The fraction of sp³-hybridized carbons (Fsp3) is 0.526. The Hall–Kier alpha value is -1.83. The Balaban J connectivity index is 0.00000341. The van der Waals surface area contributed by atoms with E-state index in [9.17, 15) is 9.59 Å². The summed E-state index contributed by atoms with van der Waals surface area (Å²) in [5, 5.41) is 22.2. The first-order valence-electron chi connectivity index (χ1n) is 9.66. The van der Waals surface area contributed by atoms with Crippen molar-refractivity contribution >= 4 is 66.6 Å². The van der Waals surface area contributed by atoms with Crippen LogP contribution in [0.2, 0.25) is 0 Å². The van der Waals surface area contributed by atoms with Crippen molar-refractivity contribution in [2.45, 2.75) is 24.9 Å². The second kappa shape index (κ2) is 15.1. The second-order valence-corrected chi connectivity index (χ2v) is 8.28. The number of pyridine rings is 1. The number of carbonyl (C=O) groups is 2. The number of nitrogens with two attached hydrogens (primary N) is 1. The van der Waals surface area contributed by atoms with E-state index < -0.39 is 0 Å². The molecule has 3 heterocycles. The summed E-state index contributed by atoms with van der Waals surface area (Å²) in [4.78, 5) is 32.3. The predicted octanol–water partition coefficient (Wildman–Crippen LogP) is 1.22. The number of hydrazine groups is 1. The van der Waals surface area contributed by atoms with E-state index in [2.05, 4.69) is 16.4 Å². The maximum atomic E-state index is 12.4. The molecule has 1 aromatic rings. The number of amides is 2. The molecule has 0 radical (unpaired) electrons. The molecule has 1 atom stereocenters. The van der Waals surface area contributed by atoms with Gasteiger partial charge in [0.15, 0.2) is 0 Å². The van der Waals surface area contributed by atoms with Gasteiger partial charge < -0.3 is 10.2 Å². The van der Waals surface area contributed by atoms with E-state index in [4.69, 9.17) is 16.4 Å². The minimum Gasteiger partial charge on any atom is -0.315 e. The molecular weight excluding hydrogens is 511 g/mol. The Kier molecular flexibility index (Phi) is 14.3. The van der Waals surface area contributed by atoms with Crippen molar-refractivity contribution in [1.82, 2.24) is 19.8 Å². The molecule has 2 saturated heterocycles. The molecule has 3 rings (SSSR count). The Morgan fingerprint density at radius 3 is 2.52 bits per heavy atom. The lowest BCUT2D eigenvalue weighted by atomic mass is 10.0. The van der Waals surface area contributed by atoms with E-state index in [1.54, 1.807) is 33.8 Å². The number of carbonyl (C=O) groups excluding carboxylic acids is 2. The van der Waals surface area contributed by atoms with Crippen LogP contribution < -0.4 is 11.2 Å². The number of nitrogens with one attached hydrogen (secondary N) is 1. The Morgan fingerprint density at radius 2 is 1.94 bits per heavy atom. The lowest BCUT2D eigenvalue weighted by Gasteiger charge is -2.36. The third-order valence-electron chi connectivity index (χ3n) is 5.22. The first kappa shape index (κ1) is 31.2. The first-order chi connectivity index (χ1) is 14.5. The lowest BCUT2D eigenvalue weighted by molar-refractivity contribution is -0.132. The van der Waals surface area contributed by atoms with Gasteiger partial charge in [0.1, 0.15) is 17.9 Å². The van der Waals surface area contributed by atoms with E-state index >= 15 is 0 Å². The molecule has 33 heavy (non-hydrogen) atoms. The fourth-order valence-electron chi connectivity index (χ4n) is 3.50. The van der Waals surface area contributed by atoms with Crippen LogP contribution in [0.1, 0.15) is 18.4 Å². The van der Waals surface area contributed by atoms with Crippen molar-refractivity contribution in [2.75, 3.05) is 43.1 Å². The van der Waals surface area contributed by atoms with Crippen LogP contribution in [0.3, 0.4) is 0 Å². The Labute approximate surface area is 216 Å². The van der Waals surface area contributed by atoms with Crippen LogP contribution >= 0.6 is 49.0 Å². The number of aromatic nitrogens is 1. The van der Waals surface area contributed by atoms with Crippen molar-refractivity contribution in [2.24, 2.45) is 5.84 Å². The Bertz CT molecular complexity index is 856. The first-order valence-corrected chi connectivity index (χ1v) is 10.8. The summed E-state index contributed by atoms with van der Waals surface area (Å²) in [6, 6.07) is 7.03. The molecule has 0 spiro atoms. The highest BCUT2D eigenvalue weighted by Gasteiger charge is 2.31. The van der Waals surface area contributed by atoms with E-state index in [-0.39, 0.29) is 74.2 Å². The van der Waals surface area contributed by atoms with Crippen molar-refractivity contribution in [1.29, 1.82) is 10.5 Å². The number of hydrogen-bond acceptors (Lipinski definition) is 9. The highest BCUT2D eigenvalue weighted by molar-refractivity contribution is 7.99. The smallest absolute Gasteiger partial charge is 0.239 e. The number of hydrogen-bond donors (Lipinski definition) is 2. The van der Waals surface area contributed by atoms with E-state index in [0.29, 0.717) is 36.1 Å². The van der Waals surface area contributed by atoms with Gasteiger partial charge in [0.25, 0.3) is 0 Å². The molecule has 10 nitrogen and oxygen atoms in total. The van der Waals surface area contributed by atoms with Crippen molar-refractivity contribution in [3.63, 3.8) is 0 Å². The van der Waals surface area contributed by atoms with Crippen molar-refractivity contribution in [3.05, 3.63) is 23.9 Å². The van der Waals surface area contributed by atoms with Crippen LogP contribution in [0, 0.1) is 22.7 Å². The number of rotatable bonds is 6. The van der Waals surface area contributed by atoms with Gasteiger partial charge in [0.05, 0.1) is 30.6 Å². The predicted molar refractivity (Wildman–Crippen MR) is 133 cm³/mol. The molecule has 2 aliphatic rings. The molecule has 3 N–H and O–H groups in total. The van der Waals surface area contributed by atoms with Crippen LogP contribution in [0.4, 0.5) is 5.82 Å². The molecule has 2 aliphatic heterocycles. The summed E-state index contributed by atoms with van der Waals surface area (Å²) in [6.07, 6.45) is 2.92. The zero-order valence-electron chi connectivity index (χ0n) is 17.8. The van der Waals surface area contributed by atoms with Crippen LogP contribution in [0.5, 0.6) is 0 Å². The van der Waals surface area contributed by atoms with Crippen molar-refractivity contribution in [3.8, 4) is 12.1 Å². The lowest BCUT2D eigenvalue weighted by Crippen LogP contribution is -2.53. The molecule has 2 amide bonds. The summed E-state index contributed by atoms with van der Waals surface area (Å²) in [5.74, 6) is 7.45. The quantitative estimate of drug-likeness (QED) is 0.404. The van der Waals surface area contributed by atoms with Gasteiger partial charge in [-0.15, -0.1) is 49.0 Å². The van der Waals surface area contributed by atoms with Gasteiger partial charge in [-0.05, 0) is 25.0 Å². The van der Waals surface area contributed by atoms with Gasteiger partial charge in [0, 0.05) is 31.1 Å². The average Bonchev–Trinajstić information content (AvgIpc) is 3.24. The van der Waals surface area contributed by atoms with Gasteiger partial charge >= 0.3 is 0 Å². The van der Waals surface area contributed by atoms with Crippen LogP contribution in [-0.4, -0.2) is 81.5 Å². The third-order valence-corrected chi connectivity index (χ3v) is 6.24. The highest BCUT2D eigenvalue weighted by atomic mass is 35.5. The molecule has 0 saturated carbocycles. The maximum Gasteiger partial charge on any atom is 0.239 e. The van der Waals surface area contributed by atoms with E-state index in [1.807, 2.05) is 11.0 Å². The molecule has 1 aromatic heterocycles. The van der Waals surface area contributed by atoms with Gasteiger partial charge in [-0.3, -0.25) is 20.3 Å². The summed E-state index contributed by atoms with van der Waals surface area (Å²) < 4.78 is 0. The minimum absolute atomic E-state index is 0. The molecular formula is C19H27Cl3N8O2S. The Morgan fingerprint density at radius 1 is 1.24 bits per heavy atom. The topological polar surface area (TPSA) is 142 Å². The van der Waals surface area contributed by atoms with Gasteiger partial charge in [-0.1, -0.05) is 0 Å². The number of piperidine rings is 1. The molecule has 2 fully saturated rings. The average molecular weight is 538 g/mol. The molecule has 0 aliphatic carbocycles. The van der Waals surface area contributed by atoms with Gasteiger partial charge in [-0.2, -0.15) is 10.5 Å². The maximum absolute atomic E-state index is 12.4. The van der Waals surface area contributed by atoms with E-state index in [0.717, 1.165) is 12.8 Å². The molecule has 0 bridgehead atoms. The molecule has 14 heteroatoms. The second-order valence-electron chi connectivity index (χ2n) is 7.28. The number of thioether (sulfide) groups is 1. The fourth-order valence-corrected chi connectivity index (χ4v) is 4.60. The highest BCUT2D eigenvalue weighted by Crippen LogP contribution is 2.21. The van der Waals surface area contributed by atoms with Gasteiger partial charge in [0.2, 0.25) is 11.8 Å². The largest absolute Gasteiger partial charge is 0.315 e. The van der Waals surface area contributed by atoms with E-state index in [1.165, 1.54) is 6.20 Å². The molecule has 0 aromatic carbocycles. The van der Waals surface area contributed by atoms with Crippen LogP contribution in [-0.2, 0) is 9.59 Å². The number of anilines is 1. The number of nitriles is 2. The summed E-state index contributed by atoms with van der Waals surface area (Å²) in [6.45, 7) is 1.73. The summed E-state index contributed by atoms with van der Waals surface area (Å²) in [5.41, 5.74) is 0.437. The summed E-state index contributed by atoms with van der Waals surface area (Å²) >= 11 is 1.57. The SMILES string of the molecule is Cl.Cl.Cl.N#Cc1ccc(NC(=O)CN2CCC(N(N)CC(=O)N3CSCC3C#N)CC2)nc1. The molecule has 1 unspecified atom stereocenters. The number of halogens is 3. The molecule has 182 valence electrons. The normalized spacial score (nSPS) is 18.2. The zero-order valence-corrected chi connectivity index (χ0v) is 21.0. The van der Waals surface area contributed by atoms with Crippen LogP contribution in [0.15, 0.2) is 18.3 Å². The monoisotopic (exact) mass is 536 g/mol. The zero-order chi connectivity index (χ0) is 21.5. The van der Waals surface area contributed by atoms with Gasteiger partial charge in [-0.25, -0.2) is 9.99 Å². The van der Waals surface area contributed by atoms with Crippen LogP contribution in [0.25, 0.3) is 0 Å². The standard InChI is InChI=1S/C19H24N8O2S.3ClH/c20-7-14-1-2-17(23-9-14)24-18(28)10-25-5-3-15(4-6-25)27(22)11-19(29)26-13-30-12-16(26)8-21;;;/h1-2,9,15-16H,3-6,10-13,22H2,(H,23,24,28);3*1H. The third kappa shape index (κ3) is 8.80. The minimum atomic E-state index is -0.373. The number of likely N-dealkylation sites (tertiary alicyclic amines) is 1. The number of nitrogens with zero attached hydrogens (tertiary/aromatic N) is 6. The van der Waals surface area contributed by atoms with Crippen molar-refractivity contribution < 1.29 is 9.59 Å².